The molecule has 1 aromatic rings. The molecule has 2 heteroatoms. The van der Waals surface area contributed by atoms with E-state index in [1.807, 2.05) is 6.07 Å². The standard InChI is InChI=1S/C13H18FN/c1-10(2)9-13(6-7-15-13)11-4-3-5-12(14)8-11/h3-5,8,10,15H,6-7,9H2,1-2H3. The summed E-state index contributed by atoms with van der Waals surface area (Å²) >= 11 is 0. The lowest BCUT2D eigenvalue weighted by molar-refractivity contribution is 0.169. The van der Waals surface area contributed by atoms with Crippen molar-refractivity contribution >= 4 is 0 Å². The molecule has 1 unspecified atom stereocenters. The van der Waals surface area contributed by atoms with Gasteiger partial charge >= 0.3 is 0 Å². The van der Waals surface area contributed by atoms with Gasteiger partial charge in [0, 0.05) is 5.54 Å². The van der Waals surface area contributed by atoms with Gasteiger partial charge in [0.15, 0.2) is 0 Å². The van der Waals surface area contributed by atoms with Crippen molar-refractivity contribution in [3.63, 3.8) is 0 Å². The zero-order valence-corrected chi connectivity index (χ0v) is 9.39. The highest BCUT2D eigenvalue weighted by Crippen LogP contribution is 2.37. The molecule has 1 saturated heterocycles. The molecule has 0 bridgehead atoms. The fourth-order valence-corrected chi connectivity index (χ4v) is 2.45. The predicted octanol–water partition coefficient (Wildman–Crippen LogP) is 3.06. The Balaban J connectivity index is 2.26. The molecule has 0 radical (unpaired) electrons. The molecule has 1 N–H and O–H groups in total. The van der Waals surface area contributed by atoms with Crippen LogP contribution in [-0.4, -0.2) is 6.54 Å². The van der Waals surface area contributed by atoms with E-state index in [1.54, 1.807) is 12.1 Å². The fourth-order valence-electron chi connectivity index (χ4n) is 2.45. The maximum atomic E-state index is 13.2. The molecule has 15 heavy (non-hydrogen) atoms. The third kappa shape index (κ3) is 2.05. The van der Waals surface area contributed by atoms with E-state index in [9.17, 15) is 4.39 Å². The molecule has 1 aliphatic heterocycles. The smallest absolute Gasteiger partial charge is 0.123 e. The quantitative estimate of drug-likeness (QED) is 0.803. The van der Waals surface area contributed by atoms with E-state index in [2.05, 4.69) is 19.2 Å². The van der Waals surface area contributed by atoms with Gasteiger partial charge in [0.05, 0.1) is 0 Å². The van der Waals surface area contributed by atoms with Gasteiger partial charge in [0.25, 0.3) is 0 Å². The topological polar surface area (TPSA) is 12.0 Å². The summed E-state index contributed by atoms with van der Waals surface area (Å²) in [7, 11) is 0. The van der Waals surface area contributed by atoms with Gasteiger partial charge in [-0.25, -0.2) is 4.39 Å². The van der Waals surface area contributed by atoms with E-state index in [-0.39, 0.29) is 11.4 Å². The zero-order chi connectivity index (χ0) is 10.9. The van der Waals surface area contributed by atoms with Crippen molar-refractivity contribution in [2.45, 2.75) is 32.2 Å². The van der Waals surface area contributed by atoms with Gasteiger partial charge < -0.3 is 5.32 Å². The maximum Gasteiger partial charge on any atom is 0.123 e. The highest BCUT2D eigenvalue weighted by atomic mass is 19.1. The summed E-state index contributed by atoms with van der Waals surface area (Å²) < 4.78 is 13.2. The first-order chi connectivity index (χ1) is 7.12. The minimum Gasteiger partial charge on any atom is -0.307 e. The summed E-state index contributed by atoms with van der Waals surface area (Å²) in [5.74, 6) is 0.491. The first-order valence-electron chi connectivity index (χ1n) is 5.63. The van der Waals surface area contributed by atoms with E-state index in [0.29, 0.717) is 5.92 Å². The Kier molecular flexibility index (Phi) is 2.79. The lowest BCUT2D eigenvalue weighted by Crippen LogP contribution is -2.54. The molecule has 1 aliphatic rings. The Morgan fingerprint density at radius 2 is 2.20 bits per heavy atom. The van der Waals surface area contributed by atoms with Gasteiger partial charge in [-0.05, 0) is 43.0 Å². The van der Waals surface area contributed by atoms with Crippen LogP contribution in [0.1, 0.15) is 32.3 Å². The van der Waals surface area contributed by atoms with Crippen molar-refractivity contribution in [3.05, 3.63) is 35.6 Å². The number of hydrogen-bond donors (Lipinski definition) is 1. The van der Waals surface area contributed by atoms with Crippen LogP contribution in [-0.2, 0) is 5.54 Å². The lowest BCUT2D eigenvalue weighted by Gasteiger charge is -2.45. The lowest BCUT2D eigenvalue weighted by atomic mass is 9.75. The Bertz CT molecular complexity index is 342. The van der Waals surface area contributed by atoms with Crippen molar-refractivity contribution in [1.29, 1.82) is 0 Å². The highest BCUT2D eigenvalue weighted by Gasteiger charge is 2.38. The van der Waals surface area contributed by atoms with Gasteiger partial charge in [-0.3, -0.25) is 0 Å². The Labute approximate surface area is 90.7 Å². The Morgan fingerprint density at radius 1 is 1.47 bits per heavy atom. The molecular formula is C13H18FN. The second-order valence-electron chi connectivity index (χ2n) is 4.87. The number of benzene rings is 1. The second-order valence-corrected chi connectivity index (χ2v) is 4.87. The van der Waals surface area contributed by atoms with Crippen molar-refractivity contribution in [3.8, 4) is 0 Å². The summed E-state index contributed by atoms with van der Waals surface area (Å²) in [5, 5.41) is 3.47. The van der Waals surface area contributed by atoms with Crippen LogP contribution in [0.2, 0.25) is 0 Å². The van der Waals surface area contributed by atoms with Gasteiger partial charge in [-0.15, -0.1) is 0 Å². The summed E-state index contributed by atoms with van der Waals surface area (Å²) in [5.41, 5.74) is 1.14. The minimum absolute atomic E-state index is 0.0380. The van der Waals surface area contributed by atoms with Gasteiger partial charge in [0.1, 0.15) is 5.82 Å². The zero-order valence-electron chi connectivity index (χ0n) is 9.39. The maximum absolute atomic E-state index is 13.2. The Hall–Kier alpha value is -0.890. The van der Waals surface area contributed by atoms with E-state index >= 15 is 0 Å². The van der Waals surface area contributed by atoms with Crippen LogP contribution in [0.15, 0.2) is 24.3 Å². The molecule has 1 aromatic carbocycles. The average molecular weight is 207 g/mol. The van der Waals surface area contributed by atoms with Crippen LogP contribution < -0.4 is 5.32 Å². The molecule has 82 valence electrons. The predicted molar refractivity (Wildman–Crippen MR) is 60.2 cm³/mol. The molecule has 1 atom stereocenters. The third-order valence-electron chi connectivity index (χ3n) is 3.15. The first-order valence-corrected chi connectivity index (χ1v) is 5.63. The molecule has 1 nitrogen and oxygen atoms in total. The van der Waals surface area contributed by atoms with Crippen LogP contribution in [0.5, 0.6) is 0 Å². The summed E-state index contributed by atoms with van der Waals surface area (Å²) in [6.07, 6.45) is 2.20. The van der Waals surface area contributed by atoms with Crippen LogP contribution in [0.4, 0.5) is 4.39 Å². The minimum atomic E-state index is -0.135. The summed E-state index contributed by atoms with van der Waals surface area (Å²) in [6, 6.07) is 6.99. The van der Waals surface area contributed by atoms with E-state index in [1.165, 1.54) is 6.07 Å². The average Bonchev–Trinajstić information content (AvgIpc) is 2.11. The van der Waals surface area contributed by atoms with E-state index < -0.39 is 0 Å². The van der Waals surface area contributed by atoms with Gasteiger partial charge in [0.2, 0.25) is 0 Å². The molecule has 0 saturated carbocycles. The molecule has 2 rings (SSSR count). The second kappa shape index (κ2) is 3.93. The number of nitrogens with one attached hydrogen (secondary N) is 1. The molecule has 0 spiro atoms. The molecule has 0 aliphatic carbocycles. The first kappa shape index (κ1) is 10.6. The summed E-state index contributed by atoms with van der Waals surface area (Å²) in [4.78, 5) is 0. The van der Waals surface area contributed by atoms with E-state index in [4.69, 9.17) is 0 Å². The van der Waals surface area contributed by atoms with Gasteiger partial charge in [-0.1, -0.05) is 26.0 Å². The monoisotopic (exact) mass is 207 g/mol. The van der Waals surface area contributed by atoms with Gasteiger partial charge in [-0.2, -0.15) is 0 Å². The summed E-state index contributed by atoms with van der Waals surface area (Å²) in [6.45, 7) is 5.46. The van der Waals surface area contributed by atoms with Crippen molar-refractivity contribution in [2.24, 2.45) is 5.92 Å². The molecule has 1 fully saturated rings. The van der Waals surface area contributed by atoms with Crippen LogP contribution in [0.3, 0.4) is 0 Å². The van der Waals surface area contributed by atoms with Crippen molar-refractivity contribution < 1.29 is 4.39 Å². The van der Waals surface area contributed by atoms with Crippen LogP contribution in [0.25, 0.3) is 0 Å². The fraction of sp³-hybridized carbons (Fsp3) is 0.538. The Morgan fingerprint density at radius 3 is 2.67 bits per heavy atom. The number of rotatable bonds is 3. The third-order valence-corrected chi connectivity index (χ3v) is 3.15. The molecule has 0 amide bonds. The number of hydrogen-bond acceptors (Lipinski definition) is 1. The number of halogens is 1. The van der Waals surface area contributed by atoms with Crippen molar-refractivity contribution in [1.82, 2.24) is 5.32 Å². The molecular weight excluding hydrogens is 189 g/mol. The van der Waals surface area contributed by atoms with E-state index in [0.717, 1.165) is 24.9 Å². The molecule has 0 aromatic heterocycles. The highest BCUT2D eigenvalue weighted by molar-refractivity contribution is 5.28. The normalized spacial score (nSPS) is 25.3. The van der Waals surface area contributed by atoms with Crippen molar-refractivity contribution in [2.75, 3.05) is 6.54 Å². The molecule has 1 heterocycles. The van der Waals surface area contributed by atoms with Crippen LogP contribution in [0, 0.1) is 11.7 Å². The largest absolute Gasteiger partial charge is 0.307 e. The van der Waals surface area contributed by atoms with Crippen LogP contribution >= 0.6 is 0 Å². The SMILES string of the molecule is CC(C)CC1(c2cccc(F)c2)CCN1.